The molecule has 5 rings (SSSR count). The fourth-order valence-corrected chi connectivity index (χ4v) is 6.36. The normalized spacial score (nSPS) is 14.9. The summed E-state index contributed by atoms with van der Waals surface area (Å²) in [5, 5.41) is 3.02. The Hall–Kier alpha value is -3.89. The first-order chi connectivity index (χ1) is 19.8. The monoisotopic (exact) mass is 579 g/mol. The van der Waals surface area contributed by atoms with Gasteiger partial charge in [0.05, 0.1) is 25.2 Å². The van der Waals surface area contributed by atoms with E-state index in [1.54, 1.807) is 14.2 Å². The van der Waals surface area contributed by atoms with Gasteiger partial charge < -0.3 is 19.2 Å². The number of nitrogens with zero attached hydrogens (tertiary/aromatic N) is 2. The van der Waals surface area contributed by atoms with Crippen molar-refractivity contribution < 1.29 is 26.7 Å². The number of sulfone groups is 1. The van der Waals surface area contributed by atoms with Gasteiger partial charge in [-0.2, -0.15) is 4.98 Å². The Bertz CT molecular complexity index is 1580. The van der Waals surface area contributed by atoms with Gasteiger partial charge in [0.1, 0.15) is 5.82 Å². The number of rotatable bonds is 10. The van der Waals surface area contributed by atoms with E-state index >= 15 is 0 Å². The molecule has 10 heteroatoms. The van der Waals surface area contributed by atoms with Gasteiger partial charge in [-0.3, -0.25) is 4.90 Å². The quantitative estimate of drug-likeness (QED) is 0.220. The van der Waals surface area contributed by atoms with Crippen molar-refractivity contribution in [2.24, 2.45) is 0 Å². The molecule has 1 fully saturated rings. The molecule has 216 valence electrons. The molecule has 1 aliphatic rings. The largest absolute Gasteiger partial charge is 0.493 e. The summed E-state index contributed by atoms with van der Waals surface area (Å²) in [6.45, 7) is 4.13. The minimum absolute atomic E-state index is 0.0346. The topological polar surface area (TPSA) is 93.9 Å². The van der Waals surface area contributed by atoms with E-state index in [-0.39, 0.29) is 27.7 Å². The Balaban J connectivity index is 1.53. The smallest absolute Gasteiger partial charge is 0.233 e. The van der Waals surface area contributed by atoms with Crippen molar-refractivity contribution in [3.63, 3.8) is 0 Å². The van der Waals surface area contributed by atoms with Crippen LogP contribution in [0.3, 0.4) is 0 Å². The third-order valence-corrected chi connectivity index (χ3v) is 9.03. The molecule has 1 saturated heterocycles. The van der Waals surface area contributed by atoms with E-state index in [1.807, 2.05) is 49.4 Å². The average Bonchev–Trinajstić information content (AvgIpc) is 3.43. The maximum Gasteiger partial charge on any atom is 0.233 e. The number of methoxy groups -OCH3 is 2. The van der Waals surface area contributed by atoms with E-state index in [0.717, 1.165) is 49.2 Å². The summed E-state index contributed by atoms with van der Waals surface area (Å²) in [5.74, 6) is 0.934. The maximum atomic E-state index is 13.7. The van der Waals surface area contributed by atoms with E-state index in [9.17, 15) is 12.8 Å². The Morgan fingerprint density at radius 1 is 0.951 bits per heavy atom. The van der Waals surface area contributed by atoms with Gasteiger partial charge in [0.25, 0.3) is 0 Å². The Morgan fingerprint density at radius 2 is 1.63 bits per heavy atom. The number of aromatic nitrogens is 1. The van der Waals surface area contributed by atoms with Crippen LogP contribution >= 0.6 is 0 Å². The third kappa shape index (κ3) is 6.23. The van der Waals surface area contributed by atoms with Gasteiger partial charge in [-0.05, 0) is 86.9 Å². The lowest BCUT2D eigenvalue weighted by atomic mass is 10.0. The number of piperidine rings is 1. The standard InChI is InChI=1S/C31H34FN3O5S/c1-21-7-9-22(10-8-21)29-34-31(41(36,37)25-14-12-24(32)13-15-25)30(40-29)33-20-26(35-17-5-4-6-18-35)23-11-16-27(38-2)28(19-23)39-3/h7-16,19,26,33H,4-6,17-18,20H2,1-3H3. The molecule has 3 aromatic carbocycles. The highest BCUT2D eigenvalue weighted by atomic mass is 32.2. The molecule has 1 unspecified atom stereocenters. The van der Waals surface area contributed by atoms with Crippen molar-refractivity contribution in [1.82, 2.24) is 9.88 Å². The molecule has 41 heavy (non-hydrogen) atoms. The van der Waals surface area contributed by atoms with Gasteiger partial charge >= 0.3 is 0 Å². The summed E-state index contributed by atoms with van der Waals surface area (Å²) in [4.78, 5) is 6.74. The van der Waals surface area contributed by atoms with Gasteiger partial charge in [0.15, 0.2) is 11.5 Å². The number of hydrogen-bond acceptors (Lipinski definition) is 8. The molecule has 1 N–H and O–H groups in total. The van der Waals surface area contributed by atoms with Crippen LogP contribution in [0.1, 0.15) is 36.4 Å². The second-order valence-electron chi connectivity index (χ2n) is 10.1. The lowest BCUT2D eigenvalue weighted by molar-refractivity contribution is 0.169. The molecule has 0 aliphatic carbocycles. The van der Waals surface area contributed by atoms with Crippen LogP contribution in [-0.2, 0) is 9.84 Å². The first kappa shape index (κ1) is 28.6. The van der Waals surface area contributed by atoms with Gasteiger partial charge in [-0.1, -0.05) is 30.2 Å². The van der Waals surface area contributed by atoms with Gasteiger partial charge in [0.2, 0.25) is 26.6 Å². The molecule has 2 heterocycles. The number of benzene rings is 3. The van der Waals surface area contributed by atoms with E-state index in [4.69, 9.17) is 13.9 Å². The molecule has 1 aromatic heterocycles. The van der Waals surface area contributed by atoms with Crippen LogP contribution in [0, 0.1) is 12.7 Å². The zero-order chi connectivity index (χ0) is 29.0. The molecule has 1 atom stereocenters. The highest BCUT2D eigenvalue weighted by molar-refractivity contribution is 7.91. The Labute approximate surface area is 240 Å². The Kier molecular flexibility index (Phi) is 8.60. The van der Waals surface area contributed by atoms with E-state index in [2.05, 4.69) is 15.2 Å². The molecule has 0 saturated carbocycles. The van der Waals surface area contributed by atoms with Crippen molar-refractivity contribution in [2.75, 3.05) is 39.2 Å². The first-order valence-electron chi connectivity index (χ1n) is 13.6. The summed E-state index contributed by atoms with van der Waals surface area (Å²) in [6, 6.07) is 17.9. The van der Waals surface area contributed by atoms with Crippen LogP contribution < -0.4 is 14.8 Å². The minimum Gasteiger partial charge on any atom is -0.493 e. The molecule has 0 amide bonds. The van der Waals surface area contributed by atoms with Crippen LogP contribution in [0.15, 0.2) is 81.1 Å². The zero-order valence-electron chi connectivity index (χ0n) is 23.4. The van der Waals surface area contributed by atoms with Crippen molar-refractivity contribution in [1.29, 1.82) is 0 Å². The SMILES string of the molecule is COc1ccc(C(CNc2oc(-c3ccc(C)cc3)nc2S(=O)(=O)c2ccc(F)cc2)N2CCCCC2)cc1OC. The number of ether oxygens (including phenoxy) is 2. The van der Waals surface area contributed by atoms with Crippen molar-refractivity contribution in [3.05, 3.63) is 83.7 Å². The molecule has 8 nitrogen and oxygen atoms in total. The second kappa shape index (κ2) is 12.3. The van der Waals surface area contributed by atoms with Crippen LogP contribution in [0.5, 0.6) is 11.5 Å². The number of aryl methyl sites for hydroxylation is 1. The van der Waals surface area contributed by atoms with E-state index in [0.29, 0.717) is 23.6 Å². The highest BCUT2D eigenvalue weighted by Crippen LogP contribution is 2.36. The predicted octanol–water partition coefficient (Wildman–Crippen LogP) is 6.28. The number of hydrogen-bond donors (Lipinski definition) is 1. The number of oxazole rings is 1. The van der Waals surface area contributed by atoms with E-state index < -0.39 is 15.7 Å². The molecule has 0 bridgehead atoms. The lowest BCUT2D eigenvalue weighted by Crippen LogP contribution is -2.37. The van der Waals surface area contributed by atoms with Crippen molar-refractivity contribution >= 4 is 15.7 Å². The predicted molar refractivity (Wildman–Crippen MR) is 155 cm³/mol. The molecule has 1 aliphatic heterocycles. The fraction of sp³-hybridized carbons (Fsp3) is 0.323. The molecule has 4 aromatic rings. The molecular formula is C31H34FN3O5S. The molecule has 0 radical (unpaired) electrons. The van der Waals surface area contributed by atoms with Crippen LogP contribution in [0.25, 0.3) is 11.5 Å². The summed E-state index contributed by atoms with van der Waals surface area (Å²) in [5.41, 5.74) is 2.70. The zero-order valence-corrected chi connectivity index (χ0v) is 24.2. The maximum absolute atomic E-state index is 13.7. The average molecular weight is 580 g/mol. The van der Waals surface area contributed by atoms with Crippen LogP contribution in [0.4, 0.5) is 10.3 Å². The highest BCUT2D eigenvalue weighted by Gasteiger charge is 2.30. The summed E-state index contributed by atoms with van der Waals surface area (Å²) < 4.78 is 58.1. The lowest BCUT2D eigenvalue weighted by Gasteiger charge is -2.35. The van der Waals surface area contributed by atoms with Crippen LogP contribution in [0.2, 0.25) is 0 Å². The minimum atomic E-state index is -4.12. The second-order valence-corrected chi connectivity index (χ2v) is 11.9. The number of nitrogens with one attached hydrogen (secondary N) is 1. The summed E-state index contributed by atoms with van der Waals surface area (Å²) >= 11 is 0. The van der Waals surface area contributed by atoms with Gasteiger partial charge in [0, 0.05) is 12.1 Å². The first-order valence-corrected chi connectivity index (χ1v) is 15.1. The van der Waals surface area contributed by atoms with Crippen LogP contribution in [-0.4, -0.2) is 52.2 Å². The van der Waals surface area contributed by atoms with Crippen molar-refractivity contribution in [2.45, 2.75) is 42.1 Å². The van der Waals surface area contributed by atoms with Gasteiger partial charge in [-0.25, -0.2) is 12.8 Å². The van der Waals surface area contributed by atoms with Crippen molar-refractivity contribution in [3.8, 4) is 23.0 Å². The Morgan fingerprint density at radius 3 is 2.29 bits per heavy atom. The summed E-state index contributed by atoms with van der Waals surface area (Å²) in [6.07, 6.45) is 3.33. The third-order valence-electron chi connectivity index (χ3n) is 7.35. The summed E-state index contributed by atoms with van der Waals surface area (Å²) in [7, 11) is -0.925. The van der Waals surface area contributed by atoms with Gasteiger partial charge in [-0.15, -0.1) is 0 Å². The number of anilines is 1. The number of halogens is 1. The molecule has 0 spiro atoms. The number of likely N-dealkylation sites (tertiary alicyclic amines) is 1. The van der Waals surface area contributed by atoms with E-state index in [1.165, 1.54) is 18.6 Å². The fourth-order valence-electron chi connectivity index (χ4n) is 5.08. The molecular weight excluding hydrogens is 545 g/mol.